The zero-order valence-corrected chi connectivity index (χ0v) is 15.7. The molecule has 4 rings (SSSR count). The molecule has 1 aromatic carbocycles. The molecule has 0 saturated carbocycles. The second-order valence-corrected chi connectivity index (χ2v) is 7.60. The number of carbonyl (C=O) groups is 2. The molecule has 7 heteroatoms. The Labute approximate surface area is 163 Å². The van der Waals surface area contributed by atoms with Gasteiger partial charge in [-0.05, 0) is 42.4 Å². The molecule has 7 nitrogen and oxygen atoms in total. The minimum atomic E-state index is -0.229. The number of nitrogens with zero attached hydrogens (tertiary/aromatic N) is 2. The quantitative estimate of drug-likeness (QED) is 0.818. The lowest BCUT2D eigenvalue weighted by Crippen LogP contribution is -2.34. The van der Waals surface area contributed by atoms with E-state index in [4.69, 9.17) is 0 Å². The van der Waals surface area contributed by atoms with Crippen LogP contribution < -0.4 is 10.9 Å². The van der Waals surface area contributed by atoms with Gasteiger partial charge in [0.05, 0.1) is 5.69 Å². The molecule has 1 aliphatic carbocycles. The first-order valence-electron chi connectivity index (χ1n) is 9.79. The van der Waals surface area contributed by atoms with Crippen molar-refractivity contribution in [3.63, 3.8) is 0 Å². The van der Waals surface area contributed by atoms with Crippen LogP contribution in [0.2, 0.25) is 0 Å². The van der Waals surface area contributed by atoms with Crippen LogP contribution in [0, 0.1) is 5.92 Å². The fraction of sp³-hybridized carbons (Fsp3) is 0.429. The maximum atomic E-state index is 12.6. The zero-order chi connectivity index (χ0) is 19.5. The lowest BCUT2D eigenvalue weighted by Gasteiger charge is -2.22. The molecule has 0 spiro atoms. The number of likely N-dealkylation sites (tertiary alicyclic amines) is 1. The normalized spacial score (nSPS) is 18.8. The number of hydrogen-bond donors (Lipinski definition) is 2. The van der Waals surface area contributed by atoms with E-state index in [0.29, 0.717) is 32.4 Å². The number of benzene rings is 1. The molecule has 0 radical (unpaired) electrons. The molecule has 2 heterocycles. The molecule has 1 fully saturated rings. The first-order chi connectivity index (χ1) is 13.6. The summed E-state index contributed by atoms with van der Waals surface area (Å²) in [5, 5.41) is 9.54. The minimum absolute atomic E-state index is 0.00561. The summed E-state index contributed by atoms with van der Waals surface area (Å²) in [7, 11) is 0. The van der Waals surface area contributed by atoms with Gasteiger partial charge in [-0.3, -0.25) is 14.4 Å². The van der Waals surface area contributed by atoms with Crippen molar-refractivity contribution in [2.75, 3.05) is 6.54 Å². The van der Waals surface area contributed by atoms with Gasteiger partial charge >= 0.3 is 0 Å². The van der Waals surface area contributed by atoms with Gasteiger partial charge in [0.2, 0.25) is 11.8 Å². The molecule has 1 unspecified atom stereocenters. The molecule has 1 aliphatic heterocycles. The number of nitrogens with one attached hydrogen (secondary N) is 2. The molecule has 2 amide bonds. The number of amides is 2. The number of carbonyl (C=O) groups excluding carboxylic acids is 2. The molecular formula is C21H24N4O3. The summed E-state index contributed by atoms with van der Waals surface area (Å²) in [6, 6.07) is 9.55. The highest BCUT2D eigenvalue weighted by molar-refractivity contribution is 5.79. The Morgan fingerprint density at radius 2 is 2.07 bits per heavy atom. The third kappa shape index (κ3) is 4.13. The van der Waals surface area contributed by atoms with Crippen molar-refractivity contribution >= 4 is 11.8 Å². The third-order valence-electron chi connectivity index (χ3n) is 5.55. The van der Waals surface area contributed by atoms with Gasteiger partial charge in [-0.2, -0.15) is 5.10 Å². The van der Waals surface area contributed by atoms with Crippen LogP contribution >= 0.6 is 0 Å². The van der Waals surface area contributed by atoms with E-state index < -0.39 is 0 Å². The van der Waals surface area contributed by atoms with Crippen LogP contribution in [-0.4, -0.2) is 33.5 Å². The van der Waals surface area contributed by atoms with Gasteiger partial charge in [0.25, 0.3) is 5.56 Å². The SMILES string of the molecule is O=C(NCc1cccc(CN2CCCC2=O)c1)C1CCc2n[nH]c(=O)cc2C1. The van der Waals surface area contributed by atoms with Gasteiger partial charge in [0.1, 0.15) is 0 Å². The second kappa shape index (κ2) is 7.96. The molecule has 2 aliphatic rings. The third-order valence-corrected chi connectivity index (χ3v) is 5.55. The molecule has 28 heavy (non-hydrogen) atoms. The molecule has 1 aromatic heterocycles. The Balaban J connectivity index is 1.34. The van der Waals surface area contributed by atoms with E-state index in [-0.39, 0.29) is 23.3 Å². The van der Waals surface area contributed by atoms with E-state index in [0.717, 1.165) is 41.8 Å². The average molecular weight is 380 g/mol. The molecule has 2 N–H and O–H groups in total. The van der Waals surface area contributed by atoms with Gasteiger partial charge in [0.15, 0.2) is 0 Å². The van der Waals surface area contributed by atoms with Gasteiger partial charge in [-0.1, -0.05) is 24.3 Å². The predicted molar refractivity (Wildman–Crippen MR) is 103 cm³/mol. The van der Waals surface area contributed by atoms with Crippen LogP contribution in [-0.2, 0) is 35.5 Å². The Bertz CT molecular complexity index is 953. The van der Waals surface area contributed by atoms with Gasteiger partial charge in [0, 0.05) is 38.0 Å². The highest BCUT2D eigenvalue weighted by Gasteiger charge is 2.25. The van der Waals surface area contributed by atoms with E-state index in [9.17, 15) is 14.4 Å². The van der Waals surface area contributed by atoms with Gasteiger partial charge in [-0.25, -0.2) is 5.10 Å². The van der Waals surface area contributed by atoms with E-state index in [1.165, 1.54) is 0 Å². The summed E-state index contributed by atoms with van der Waals surface area (Å²) in [5.41, 5.74) is 3.62. The molecule has 1 atom stereocenters. The fourth-order valence-corrected chi connectivity index (χ4v) is 4.03. The van der Waals surface area contributed by atoms with Crippen molar-refractivity contribution in [2.45, 2.75) is 45.2 Å². The van der Waals surface area contributed by atoms with Crippen LogP contribution in [0.15, 0.2) is 35.1 Å². The number of aromatic amines is 1. The number of aromatic nitrogens is 2. The second-order valence-electron chi connectivity index (χ2n) is 7.60. The molecule has 146 valence electrons. The number of rotatable bonds is 5. The van der Waals surface area contributed by atoms with Crippen molar-refractivity contribution in [3.8, 4) is 0 Å². The Hall–Kier alpha value is -2.96. The van der Waals surface area contributed by atoms with Gasteiger partial charge < -0.3 is 10.2 Å². The molecule has 2 aromatic rings. The topological polar surface area (TPSA) is 95.2 Å². The van der Waals surface area contributed by atoms with Gasteiger partial charge in [-0.15, -0.1) is 0 Å². The molecule has 1 saturated heterocycles. The largest absolute Gasteiger partial charge is 0.352 e. The highest BCUT2D eigenvalue weighted by Crippen LogP contribution is 2.23. The molecular weight excluding hydrogens is 356 g/mol. The fourth-order valence-electron chi connectivity index (χ4n) is 4.03. The smallest absolute Gasteiger partial charge is 0.264 e. The zero-order valence-electron chi connectivity index (χ0n) is 15.7. The van der Waals surface area contributed by atoms with Crippen molar-refractivity contribution in [1.82, 2.24) is 20.4 Å². The van der Waals surface area contributed by atoms with E-state index in [2.05, 4.69) is 15.5 Å². The Kier molecular flexibility index (Phi) is 5.23. The van der Waals surface area contributed by atoms with Crippen molar-refractivity contribution in [2.24, 2.45) is 5.92 Å². The van der Waals surface area contributed by atoms with Crippen LogP contribution in [0.4, 0.5) is 0 Å². The summed E-state index contributed by atoms with van der Waals surface area (Å²) >= 11 is 0. The van der Waals surface area contributed by atoms with E-state index >= 15 is 0 Å². The molecule has 0 bridgehead atoms. The van der Waals surface area contributed by atoms with Crippen LogP contribution in [0.1, 0.15) is 41.6 Å². The summed E-state index contributed by atoms with van der Waals surface area (Å²) in [5.74, 6) is 0.0807. The maximum Gasteiger partial charge on any atom is 0.264 e. The van der Waals surface area contributed by atoms with Crippen molar-refractivity contribution in [3.05, 3.63) is 63.1 Å². The number of aryl methyl sites for hydroxylation is 1. The lowest BCUT2D eigenvalue weighted by molar-refractivity contribution is -0.128. The monoisotopic (exact) mass is 380 g/mol. The summed E-state index contributed by atoms with van der Waals surface area (Å²) in [6.07, 6.45) is 3.55. The maximum absolute atomic E-state index is 12.6. The number of H-pyrrole nitrogens is 1. The van der Waals surface area contributed by atoms with E-state index in [1.807, 2.05) is 29.2 Å². The summed E-state index contributed by atoms with van der Waals surface area (Å²) in [6.45, 7) is 1.90. The van der Waals surface area contributed by atoms with E-state index in [1.54, 1.807) is 6.07 Å². The summed E-state index contributed by atoms with van der Waals surface area (Å²) < 4.78 is 0. The average Bonchev–Trinajstić information content (AvgIpc) is 3.10. The number of fused-ring (bicyclic) bond motifs is 1. The first-order valence-corrected chi connectivity index (χ1v) is 9.79. The first kappa shape index (κ1) is 18.4. The number of hydrogen-bond acceptors (Lipinski definition) is 4. The van der Waals surface area contributed by atoms with Crippen molar-refractivity contribution < 1.29 is 9.59 Å². The lowest BCUT2D eigenvalue weighted by atomic mass is 9.86. The predicted octanol–water partition coefficient (Wildman–Crippen LogP) is 1.31. The highest BCUT2D eigenvalue weighted by atomic mass is 16.2. The Morgan fingerprint density at radius 3 is 2.89 bits per heavy atom. The Morgan fingerprint density at radius 1 is 1.21 bits per heavy atom. The van der Waals surface area contributed by atoms with Crippen LogP contribution in [0.3, 0.4) is 0 Å². The summed E-state index contributed by atoms with van der Waals surface area (Å²) in [4.78, 5) is 37.8. The standard InChI is InChI=1S/C21H24N4O3/c26-19-11-17-10-16(6-7-18(17)23-24-19)21(28)22-12-14-3-1-4-15(9-14)13-25-8-2-5-20(25)27/h1,3-4,9,11,16H,2,5-8,10,12-13H2,(H,22,28)(H,24,26). The van der Waals surface area contributed by atoms with Crippen molar-refractivity contribution in [1.29, 1.82) is 0 Å². The van der Waals surface area contributed by atoms with Crippen LogP contribution in [0.5, 0.6) is 0 Å². The minimum Gasteiger partial charge on any atom is -0.352 e. The van der Waals surface area contributed by atoms with Crippen LogP contribution in [0.25, 0.3) is 0 Å².